The second-order valence-corrected chi connectivity index (χ2v) is 5.03. The summed E-state index contributed by atoms with van der Waals surface area (Å²) in [5, 5.41) is 1.19. The van der Waals surface area contributed by atoms with E-state index in [4.69, 9.17) is 6.42 Å². The number of hydrogen-bond acceptors (Lipinski definition) is 1. The maximum Gasteiger partial charge on any atom is 0.137 e. The van der Waals surface area contributed by atoms with Crippen molar-refractivity contribution in [2.75, 3.05) is 0 Å². The van der Waals surface area contributed by atoms with E-state index in [0.29, 0.717) is 6.42 Å². The Labute approximate surface area is 96.1 Å². The molecule has 2 rings (SSSR count). The van der Waals surface area contributed by atoms with Crippen molar-refractivity contribution >= 4 is 11.0 Å². The normalized spacial score (nSPS) is 11.6. The number of H-pyrrole nitrogens is 1. The second kappa shape index (κ2) is 3.68. The molecule has 0 amide bonds. The molecule has 82 valence electrons. The molecule has 0 radical (unpaired) electrons. The van der Waals surface area contributed by atoms with Gasteiger partial charge in [-0.1, -0.05) is 20.8 Å². The summed E-state index contributed by atoms with van der Waals surface area (Å²) >= 11 is 0. The van der Waals surface area contributed by atoms with Crippen molar-refractivity contribution < 1.29 is 0 Å². The molecule has 2 aromatic heterocycles. The van der Waals surface area contributed by atoms with Gasteiger partial charge in [0.2, 0.25) is 0 Å². The van der Waals surface area contributed by atoms with Crippen LogP contribution in [0.5, 0.6) is 0 Å². The Balaban J connectivity index is 2.74. The molecule has 16 heavy (non-hydrogen) atoms. The Hall–Kier alpha value is -1.75. The van der Waals surface area contributed by atoms with Gasteiger partial charge in [-0.3, -0.25) is 0 Å². The molecular formula is C14H16N2. The number of rotatable bonds is 1. The first-order chi connectivity index (χ1) is 7.54. The van der Waals surface area contributed by atoms with E-state index in [1.165, 1.54) is 10.9 Å². The monoisotopic (exact) mass is 212 g/mol. The van der Waals surface area contributed by atoms with E-state index >= 15 is 0 Å². The van der Waals surface area contributed by atoms with Crippen LogP contribution in [-0.2, 0) is 11.8 Å². The van der Waals surface area contributed by atoms with Crippen molar-refractivity contribution in [3.05, 3.63) is 29.6 Å². The molecule has 0 saturated carbocycles. The van der Waals surface area contributed by atoms with Crippen molar-refractivity contribution in [3.8, 4) is 12.3 Å². The van der Waals surface area contributed by atoms with Gasteiger partial charge in [-0.2, -0.15) is 0 Å². The Bertz CT molecular complexity index is 550. The standard InChI is InChI=1S/C14H16N2/c1-5-6-10-9-16-13-12(10)11(7-8-15-13)14(2,3)4/h1,7-9H,6H2,2-4H3,(H,15,16). The number of pyridine rings is 1. The van der Waals surface area contributed by atoms with Crippen molar-refractivity contribution in [1.82, 2.24) is 9.97 Å². The van der Waals surface area contributed by atoms with Gasteiger partial charge in [0.1, 0.15) is 5.65 Å². The molecule has 0 atom stereocenters. The van der Waals surface area contributed by atoms with Gasteiger partial charge >= 0.3 is 0 Å². The average molecular weight is 212 g/mol. The molecule has 0 aliphatic carbocycles. The van der Waals surface area contributed by atoms with Gasteiger partial charge < -0.3 is 4.98 Å². The molecule has 0 spiro atoms. The van der Waals surface area contributed by atoms with Gasteiger partial charge in [0.05, 0.1) is 0 Å². The first-order valence-corrected chi connectivity index (χ1v) is 5.43. The van der Waals surface area contributed by atoms with Gasteiger partial charge in [-0.25, -0.2) is 4.98 Å². The van der Waals surface area contributed by atoms with E-state index in [-0.39, 0.29) is 5.41 Å². The van der Waals surface area contributed by atoms with Gasteiger partial charge in [0.15, 0.2) is 0 Å². The van der Waals surface area contributed by atoms with Crippen LogP contribution in [0.4, 0.5) is 0 Å². The second-order valence-electron chi connectivity index (χ2n) is 5.03. The smallest absolute Gasteiger partial charge is 0.137 e. The summed E-state index contributed by atoms with van der Waals surface area (Å²) in [6.45, 7) is 6.61. The molecule has 0 saturated heterocycles. The lowest BCUT2D eigenvalue weighted by Crippen LogP contribution is -2.12. The minimum absolute atomic E-state index is 0.104. The molecule has 1 N–H and O–H groups in total. The maximum atomic E-state index is 5.39. The minimum atomic E-state index is 0.104. The van der Waals surface area contributed by atoms with Crippen LogP contribution in [0.25, 0.3) is 11.0 Å². The van der Waals surface area contributed by atoms with Crippen LogP contribution in [-0.4, -0.2) is 9.97 Å². The summed E-state index contributed by atoms with van der Waals surface area (Å²) in [5.41, 5.74) is 3.49. The Kier molecular flexibility index (Phi) is 2.47. The first kappa shape index (κ1) is 10.8. The van der Waals surface area contributed by atoms with E-state index in [0.717, 1.165) is 11.2 Å². The van der Waals surface area contributed by atoms with E-state index in [1.54, 1.807) is 0 Å². The third-order valence-corrected chi connectivity index (χ3v) is 2.76. The summed E-state index contributed by atoms with van der Waals surface area (Å²) in [4.78, 5) is 7.51. The van der Waals surface area contributed by atoms with E-state index in [9.17, 15) is 0 Å². The topological polar surface area (TPSA) is 28.7 Å². The fourth-order valence-corrected chi connectivity index (χ4v) is 2.00. The van der Waals surface area contributed by atoms with Crippen molar-refractivity contribution in [2.24, 2.45) is 0 Å². The zero-order chi connectivity index (χ0) is 11.8. The Morgan fingerprint density at radius 2 is 2.19 bits per heavy atom. The molecule has 2 heteroatoms. The molecule has 0 unspecified atom stereocenters. The number of hydrogen-bond donors (Lipinski definition) is 1. The molecule has 0 bridgehead atoms. The highest BCUT2D eigenvalue weighted by molar-refractivity contribution is 5.84. The molecule has 0 fully saturated rings. The molecule has 2 aromatic rings. The third-order valence-electron chi connectivity index (χ3n) is 2.76. The lowest BCUT2D eigenvalue weighted by Gasteiger charge is -2.20. The maximum absolute atomic E-state index is 5.39. The van der Waals surface area contributed by atoms with Crippen molar-refractivity contribution in [1.29, 1.82) is 0 Å². The predicted octanol–water partition coefficient (Wildman–Crippen LogP) is 3.04. The molecule has 0 aliphatic rings. The first-order valence-electron chi connectivity index (χ1n) is 5.43. The number of nitrogens with zero attached hydrogens (tertiary/aromatic N) is 1. The quantitative estimate of drug-likeness (QED) is 0.723. The number of terminal acetylenes is 1. The largest absolute Gasteiger partial charge is 0.346 e. The van der Waals surface area contributed by atoms with Gasteiger partial charge in [-0.05, 0) is 22.6 Å². The van der Waals surface area contributed by atoms with E-state index in [1.807, 2.05) is 12.4 Å². The van der Waals surface area contributed by atoms with Gasteiger partial charge in [-0.15, -0.1) is 12.3 Å². The Morgan fingerprint density at radius 1 is 1.44 bits per heavy atom. The van der Waals surface area contributed by atoms with Crippen LogP contribution >= 0.6 is 0 Å². The van der Waals surface area contributed by atoms with E-state index in [2.05, 4.69) is 42.7 Å². The number of nitrogens with one attached hydrogen (secondary N) is 1. The summed E-state index contributed by atoms with van der Waals surface area (Å²) in [7, 11) is 0. The van der Waals surface area contributed by atoms with Crippen molar-refractivity contribution in [3.63, 3.8) is 0 Å². The van der Waals surface area contributed by atoms with Crippen LogP contribution < -0.4 is 0 Å². The SMILES string of the molecule is C#CCc1c[nH]c2nccc(C(C)(C)C)c12. The van der Waals surface area contributed by atoms with Crippen LogP contribution in [0.15, 0.2) is 18.5 Å². The summed E-state index contributed by atoms with van der Waals surface area (Å²) in [6, 6.07) is 2.08. The van der Waals surface area contributed by atoms with Crippen LogP contribution in [0.3, 0.4) is 0 Å². The highest BCUT2D eigenvalue weighted by atomic mass is 14.8. The number of fused-ring (bicyclic) bond motifs is 1. The zero-order valence-corrected chi connectivity index (χ0v) is 9.96. The minimum Gasteiger partial charge on any atom is -0.346 e. The number of aromatic nitrogens is 2. The molecular weight excluding hydrogens is 196 g/mol. The summed E-state index contributed by atoms with van der Waals surface area (Å²) in [6.07, 6.45) is 9.84. The van der Waals surface area contributed by atoms with E-state index < -0.39 is 0 Å². The van der Waals surface area contributed by atoms with Crippen LogP contribution in [0.2, 0.25) is 0 Å². The van der Waals surface area contributed by atoms with Crippen LogP contribution in [0.1, 0.15) is 31.9 Å². The van der Waals surface area contributed by atoms with Crippen LogP contribution in [0, 0.1) is 12.3 Å². The Morgan fingerprint density at radius 3 is 2.81 bits per heavy atom. The molecule has 2 nitrogen and oxygen atoms in total. The molecule has 0 aliphatic heterocycles. The fraction of sp³-hybridized carbons (Fsp3) is 0.357. The average Bonchev–Trinajstić information content (AvgIpc) is 2.61. The summed E-state index contributed by atoms with van der Waals surface area (Å²) in [5.74, 6) is 2.69. The van der Waals surface area contributed by atoms with Gasteiger partial charge in [0, 0.05) is 24.2 Å². The molecule has 0 aromatic carbocycles. The number of aromatic amines is 1. The lowest BCUT2D eigenvalue weighted by molar-refractivity contribution is 0.595. The highest BCUT2D eigenvalue weighted by Crippen LogP contribution is 2.30. The predicted molar refractivity (Wildman–Crippen MR) is 67.3 cm³/mol. The molecule has 2 heterocycles. The van der Waals surface area contributed by atoms with Gasteiger partial charge in [0.25, 0.3) is 0 Å². The third kappa shape index (κ3) is 1.69. The summed E-state index contributed by atoms with van der Waals surface area (Å²) < 4.78 is 0. The highest BCUT2D eigenvalue weighted by Gasteiger charge is 2.19. The fourth-order valence-electron chi connectivity index (χ4n) is 2.00. The van der Waals surface area contributed by atoms with Crippen molar-refractivity contribution in [2.45, 2.75) is 32.6 Å². The zero-order valence-electron chi connectivity index (χ0n) is 9.96. The lowest BCUT2D eigenvalue weighted by atomic mass is 9.84.